The summed E-state index contributed by atoms with van der Waals surface area (Å²) >= 11 is 12.4. The lowest BCUT2D eigenvalue weighted by molar-refractivity contribution is 0.184. The Labute approximate surface area is 128 Å². The quantitative estimate of drug-likeness (QED) is 0.790. The zero-order chi connectivity index (χ0) is 14.1. The van der Waals surface area contributed by atoms with E-state index in [1.807, 2.05) is 6.07 Å². The highest BCUT2D eigenvalue weighted by Crippen LogP contribution is 2.40. The maximum Gasteiger partial charge on any atom is 0.157 e. The second kappa shape index (κ2) is 5.55. The topological polar surface area (TPSA) is 35.2 Å². The second-order valence-corrected chi connectivity index (χ2v) is 5.83. The van der Waals surface area contributed by atoms with E-state index >= 15 is 0 Å². The van der Waals surface area contributed by atoms with Crippen LogP contribution >= 0.6 is 23.2 Å². The van der Waals surface area contributed by atoms with Crippen molar-refractivity contribution in [2.75, 3.05) is 5.73 Å². The third kappa shape index (κ3) is 2.58. The van der Waals surface area contributed by atoms with E-state index < -0.39 is 0 Å². The highest BCUT2D eigenvalue weighted by molar-refractivity contribution is 6.37. The third-order valence-corrected chi connectivity index (χ3v) is 4.16. The van der Waals surface area contributed by atoms with Crippen molar-refractivity contribution in [2.45, 2.75) is 25.4 Å². The fourth-order valence-corrected chi connectivity index (χ4v) is 3.26. The Morgan fingerprint density at radius 2 is 1.80 bits per heavy atom. The Bertz CT molecular complexity index is 619. The SMILES string of the molecule is Nc1cc(Cl)c(OC2CCCc3ccccc32)c(Cl)c1. The van der Waals surface area contributed by atoms with Crippen molar-refractivity contribution in [2.24, 2.45) is 0 Å². The molecule has 0 aromatic heterocycles. The molecule has 1 unspecified atom stereocenters. The summed E-state index contributed by atoms with van der Waals surface area (Å²) in [4.78, 5) is 0. The van der Waals surface area contributed by atoms with Gasteiger partial charge < -0.3 is 10.5 Å². The van der Waals surface area contributed by atoms with Crippen molar-refractivity contribution in [3.63, 3.8) is 0 Å². The van der Waals surface area contributed by atoms with Crippen molar-refractivity contribution < 1.29 is 4.74 Å². The molecule has 0 bridgehead atoms. The lowest BCUT2D eigenvalue weighted by Gasteiger charge is -2.27. The number of hydrogen-bond donors (Lipinski definition) is 1. The number of nitrogens with two attached hydrogens (primary N) is 1. The van der Waals surface area contributed by atoms with Crippen molar-refractivity contribution in [1.29, 1.82) is 0 Å². The molecule has 2 N–H and O–H groups in total. The molecule has 0 heterocycles. The molecule has 1 aliphatic rings. The molecular formula is C16H15Cl2NO. The summed E-state index contributed by atoms with van der Waals surface area (Å²) in [6.45, 7) is 0. The number of halogens is 2. The van der Waals surface area contributed by atoms with Crippen LogP contribution in [0.15, 0.2) is 36.4 Å². The highest BCUT2D eigenvalue weighted by atomic mass is 35.5. The monoisotopic (exact) mass is 307 g/mol. The average molecular weight is 308 g/mol. The summed E-state index contributed by atoms with van der Waals surface area (Å²) in [5, 5.41) is 0.913. The Morgan fingerprint density at radius 3 is 2.55 bits per heavy atom. The van der Waals surface area contributed by atoms with E-state index in [9.17, 15) is 0 Å². The minimum Gasteiger partial charge on any atom is -0.483 e. The summed E-state index contributed by atoms with van der Waals surface area (Å²) in [6.07, 6.45) is 3.16. The molecule has 1 atom stereocenters. The summed E-state index contributed by atoms with van der Waals surface area (Å²) in [5.41, 5.74) is 8.82. The van der Waals surface area contributed by atoms with Gasteiger partial charge >= 0.3 is 0 Å². The molecule has 0 aliphatic heterocycles. The Balaban J connectivity index is 1.94. The van der Waals surface area contributed by atoms with Gasteiger partial charge in [0.05, 0.1) is 10.0 Å². The smallest absolute Gasteiger partial charge is 0.157 e. The van der Waals surface area contributed by atoms with Crippen molar-refractivity contribution in [3.8, 4) is 5.75 Å². The van der Waals surface area contributed by atoms with Gasteiger partial charge in [-0.25, -0.2) is 0 Å². The van der Waals surface area contributed by atoms with E-state index in [0.717, 1.165) is 19.3 Å². The Hall–Kier alpha value is -1.38. The first-order valence-corrected chi connectivity index (χ1v) is 7.39. The molecule has 3 rings (SSSR count). The molecule has 0 radical (unpaired) electrons. The van der Waals surface area contributed by atoms with Crippen LogP contribution in [0, 0.1) is 0 Å². The molecule has 2 nitrogen and oxygen atoms in total. The van der Waals surface area contributed by atoms with Crippen LogP contribution in [-0.2, 0) is 6.42 Å². The van der Waals surface area contributed by atoms with Crippen LogP contribution in [-0.4, -0.2) is 0 Å². The number of nitrogen functional groups attached to an aromatic ring is 1. The van der Waals surface area contributed by atoms with Gasteiger partial charge in [0.2, 0.25) is 0 Å². The van der Waals surface area contributed by atoms with Crippen LogP contribution in [0.5, 0.6) is 5.75 Å². The second-order valence-electron chi connectivity index (χ2n) is 5.01. The van der Waals surface area contributed by atoms with Crippen LogP contribution in [0.2, 0.25) is 10.0 Å². The maximum absolute atomic E-state index is 6.19. The molecular weight excluding hydrogens is 293 g/mol. The highest BCUT2D eigenvalue weighted by Gasteiger charge is 2.23. The third-order valence-electron chi connectivity index (χ3n) is 3.60. The Kier molecular flexibility index (Phi) is 3.77. The largest absolute Gasteiger partial charge is 0.483 e. The maximum atomic E-state index is 6.19. The lowest BCUT2D eigenvalue weighted by atomic mass is 9.89. The van der Waals surface area contributed by atoms with Crippen LogP contribution < -0.4 is 10.5 Å². The van der Waals surface area contributed by atoms with Gasteiger partial charge in [0.15, 0.2) is 5.75 Å². The molecule has 0 saturated heterocycles. The summed E-state index contributed by atoms with van der Waals surface area (Å²) in [6, 6.07) is 11.7. The molecule has 0 amide bonds. The van der Waals surface area contributed by atoms with Crippen molar-refractivity contribution in [3.05, 3.63) is 57.6 Å². The van der Waals surface area contributed by atoms with Crippen molar-refractivity contribution in [1.82, 2.24) is 0 Å². The minimum atomic E-state index is -0.00132. The van der Waals surface area contributed by atoms with Crippen LogP contribution in [0.4, 0.5) is 5.69 Å². The number of anilines is 1. The Morgan fingerprint density at radius 1 is 1.10 bits per heavy atom. The molecule has 0 spiro atoms. The number of hydrogen-bond acceptors (Lipinski definition) is 2. The fourth-order valence-electron chi connectivity index (χ4n) is 2.67. The van der Waals surface area contributed by atoms with Gasteiger partial charge in [-0.3, -0.25) is 0 Å². The molecule has 4 heteroatoms. The van der Waals surface area contributed by atoms with Gasteiger partial charge in [-0.2, -0.15) is 0 Å². The van der Waals surface area contributed by atoms with E-state index in [4.69, 9.17) is 33.7 Å². The van der Waals surface area contributed by atoms with Gasteiger partial charge in [-0.15, -0.1) is 0 Å². The molecule has 0 fully saturated rings. The average Bonchev–Trinajstić information content (AvgIpc) is 2.43. The van der Waals surface area contributed by atoms with Gasteiger partial charge in [0.1, 0.15) is 6.10 Å². The van der Waals surface area contributed by atoms with E-state index in [0.29, 0.717) is 21.5 Å². The number of benzene rings is 2. The van der Waals surface area contributed by atoms with Crippen molar-refractivity contribution >= 4 is 28.9 Å². The van der Waals surface area contributed by atoms with Gasteiger partial charge in [-0.05, 0) is 42.5 Å². The van der Waals surface area contributed by atoms with E-state index in [2.05, 4.69) is 18.2 Å². The van der Waals surface area contributed by atoms with E-state index in [-0.39, 0.29) is 6.10 Å². The van der Waals surface area contributed by atoms with E-state index in [1.54, 1.807) is 12.1 Å². The van der Waals surface area contributed by atoms with Gasteiger partial charge in [0, 0.05) is 5.69 Å². The fraction of sp³-hybridized carbons (Fsp3) is 0.250. The lowest BCUT2D eigenvalue weighted by Crippen LogP contribution is -2.15. The minimum absolute atomic E-state index is 0.00132. The van der Waals surface area contributed by atoms with Gasteiger partial charge in [-0.1, -0.05) is 47.5 Å². The summed E-state index contributed by atoms with van der Waals surface area (Å²) < 4.78 is 6.08. The first kappa shape index (κ1) is 13.6. The predicted octanol–water partition coefficient (Wildman–Crippen LogP) is 5.03. The molecule has 104 valence electrons. The van der Waals surface area contributed by atoms with Crippen LogP contribution in [0.25, 0.3) is 0 Å². The normalized spacial score (nSPS) is 17.6. The zero-order valence-electron chi connectivity index (χ0n) is 10.9. The first-order valence-electron chi connectivity index (χ1n) is 6.64. The first-order chi connectivity index (χ1) is 9.65. The van der Waals surface area contributed by atoms with Crippen LogP contribution in [0.3, 0.4) is 0 Å². The molecule has 20 heavy (non-hydrogen) atoms. The summed E-state index contributed by atoms with van der Waals surface area (Å²) in [5.74, 6) is 0.518. The number of rotatable bonds is 2. The predicted molar refractivity (Wildman–Crippen MR) is 83.6 cm³/mol. The zero-order valence-corrected chi connectivity index (χ0v) is 12.4. The molecule has 2 aromatic rings. The standard InChI is InChI=1S/C16H15Cl2NO/c17-13-8-11(19)9-14(18)16(13)20-15-7-3-5-10-4-1-2-6-12(10)15/h1-2,4,6,8-9,15H,3,5,7,19H2. The number of fused-ring (bicyclic) bond motifs is 1. The molecule has 0 saturated carbocycles. The van der Waals surface area contributed by atoms with E-state index in [1.165, 1.54) is 11.1 Å². The summed E-state index contributed by atoms with van der Waals surface area (Å²) in [7, 11) is 0. The number of aryl methyl sites for hydroxylation is 1. The number of ether oxygens (including phenoxy) is 1. The molecule has 1 aliphatic carbocycles. The molecule has 2 aromatic carbocycles. The van der Waals surface area contributed by atoms with Crippen LogP contribution in [0.1, 0.15) is 30.1 Å². The van der Waals surface area contributed by atoms with Gasteiger partial charge in [0.25, 0.3) is 0 Å².